The van der Waals surface area contributed by atoms with Crippen molar-refractivity contribution in [3.63, 3.8) is 0 Å². The van der Waals surface area contributed by atoms with Crippen LogP contribution < -0.4 is 0 Å². The topological polar surface area (TPSA) is 23.6 Å². The third-order valence-electron chi connectivity index (χ3n) is 2.82. The summed E-state index contributed by atoms with van der Waals surface area (Å²) in [5, 5.41) is 0. The minimum Gasteiger partial charge on any atom is -0.338 e. The summed E-state index contributed by atoms with van der Waals surface area (Å²) in [6.45, 7) is 16.7. The molecule has 0 N–H and O–H groups in total. The van der Waals surface area contributed by atoms with Crippen molar-refractivity contribution in [2.24, 2.45) is 0 Å². The Hall–Kier alpha value is -0.830. The van der Waals surface area contributed by atoms with E-state index in [9.17, 15) is 4.79 Å². The van der Waals surface area contributed by atoms with Gasteiger partial charge in [0.15, 0.2) is 0 Å². The average molecular weight is 226 g/mol. The maximum absolute atomic E-state index is 11.5. The molecular weight excluding hydrogens is 200 g/mol. The molecule has 0 aliphatic carbocycles. The molecule has 0 heterocycles. The fraction of sp³-hybridized carbons (Fsp3) is 0.769. The zero-order valence-electron chi connectivity index (χ0n) is 11.4. The number of rotatable bonds is 7. The van der Waals surface area contributed by atoms with E-state index in [1.165, 1.54) is 6.08 Å². The first kappa shape index (κ1) is 15.2. The van der Waals surface area contributed by atoms with E-state index in [4.69, 9.17) is 0 Å². The molecule has 0 unspecified atom stereocenters. The van der Waals surface area contributed by atoms with E-state index in [0.29, 0.717) is 12.1 Å². The third kappa shape index (κ3) is 4.79. The molecule has 0 saturated heterocycles. The SMILES string of the molecule is C=CC(=O)N(CC)CCN(C(C)C)C(C)C. The molecule has 0 aromatic rings. The van der Waals surface area contributed by atoms with Crippen LogP contribution in [-0.2, 0) is 4.79 Å². The van der Waals surface area contributed by atoms with Crippen LogP contribution in [0.25, 0.3) is 0 Å². The van der Waals surface area contributed by atoms with E-state index in [1.54, 1.807) is 0 Å². The second kappa shape index (κ2) is 7.44. The summed E-state index contributed by atoms with van der Waals surface area (Å²) in [6.07, 6.45) is 1.39. The molecule has 3 heteroatoms. The maximum atomic E-state index is 11.5. The van der Waals surface area contributed by atoms with Crippen molar-refractivity contribution in [1.82, 2.24) is 9.80 Å². The average Bonchev–Trinajstić information content (AvgIpc) is 2.22. The number of nitrogens with zero attached hydrogens (tertiary/aromatic N) is 2. The van der Waals surface area contributed by atoms with Crippen LogP contribution in [0.2, 0.25) is 0 Å². The van der Waals surface area contributed by atoms with Crippen LogP contribution in [0.15, 0.2) is 12.7 Å². The normalized spacial score (nSPS) is 11.2. The largest absolute Gasteiger partial charge is 0.338 e. The van der Waals surface area contributed by atoms with Crippen molar-refractivity contribution < 1.29 is 4.79 Å². The first-order valence-electron chi connectivity index (χ1n) is 6.11. The van der Waals surface area contributed by atoms with Gasteiger partial charge in [-0.15, -0.1) is 0 Å². The van der Waals surface area contributed by atoms with Crippen molar-refractivity contribution in [2.45, 2.75) is 46.7 Å². The second-order valence-electron chi connectivity index (χ2n) is 4.55. The minimum absolute atomic E-state index is 0.0231. The van der Waals surface area contributed by atoms with Gasteiger partial charge in [0.2, 0.25) is 5.91 Å². The molecule has 0 bridgehead atoms. The van der Waals surface area contributed by atoms with E-state index in [1.807, 2.05) is 11.8 Å². The Morgan fingerprint density at radius 1 is 1.19 bits per heavy atom. The Labute approximate surface area is 100 Å². The highest BCUT2D eigenvalue weighted by molar-refractivity contribution is 5.86. The van der Waals surface area contributed by atoms with Gasteiger partial charge in [0, 0.05) is 31.7 Å². The van der Waals surface area contributed by atoms with Crippen LogP contribution in [-0.4, -0.2) is 47.4 Å². The first-order chi connectivity index (χ1) is 7.43. The van der Waals surface area contributed by atoms with Gasteiger partial charge in [-0.25, -0.2) is 0 Å². The molecule has 0 radical (unpaired) electrons. The van der Waals surface area contributed by atoms with Gasteiger partial charge in [-0.1, -0.05) is 6.58 Å². The molecule has 16 heavy (non-hydrogen) atoms. The quantitative estimate of drug-likeness (QED) is 0.621. The molecule has 0 rings (SSSR count). The summed E-state index contributed by atoms with van der Waals surface area (Å²) in [5.74, 6) is 0.0231. The highest BCUT2D eigenvalue weighted by atomic mass is 16.2. The van der Waals surface area contributed by atoms with Gasteiger partial charge in [-0.2, -0.15) is 0 Å². The van der Waals surface area contributed by atoms with Crippen molar-refractivity contribution >= 4 is 5.91 Å². The van der Waals surface area contributed by atoms with Crippen LogP contribution >= 0.6 is 0 Å². The minimum atomic E-state index is 0.0231. The van der Waals surface area contributed by atoms with E-state index in [-0.39, 0.29) is 5.91 Å². The Balaban J connectivity index is 4.27. The fourth-order valence-electron chi connectivity index (χ4n) is 1.90. The molecular formula is C13H26N2O. The van der Waals surface area contributed by atoms with E-state index >= 15 is 0 Å². The van der Waals surface area contributed by atoms with E-state index < -0.39 is 0 Å². The predicted molar refractivity (Wildman–Crippen MR) is 69.4 cm³/mol. The van der Waals surface area contributed by atoms with Crippen LogP contribution in [0, 0.1) is 0 Å². The lowest BCUT2D eigenvalue weighted by atomic mass is 10.2. The van der Waals surface area contributed by atoms with Gasteiger partial charge in [-0.05, 0) is 40.7 Å². The van der Waals surface area contributed by atoms with Crippen LogP contribution in [0.4, 0.5) is 0 Å². The number of amides is 1. The number of hydrogen-bond acceptors (Lipinski definition) is 2. The predicted octanol–water partition coefficient (Wildman–Crippen LogP) is 2.14. The van der Waals surface area contributed by atoms with Crippen molar-refractivity contribution in [1.29, 1.82) is 0 Å². The number of carbonyl (C=O) groups excluding carboxylic acids is 1. The van der Waals surface area contributed by atoms with Crippen LogP contribution in [0.1, 0.15) is 34.6 Å². The lowest BCUT2D eigenvalue weighted by Gasteiger charge is -2.32. The summed E-state index contributed by atoms with van der Waals surface area (Å²) in [7, 11) is 0. The Kier molecular flexibility index (Phi) is 7.06. The highest BCUT2D eigenvalue weighted by Gasteiger charge is 2.15. The summed E-state index contributed by atoms with van der Waals surface area (Å²) < 4.78 is 0. The van der Waals surface area contributed by atoms with Crippen molar-refractivity contribution in [3.8, 4) is 0 Å². The van der Waals surface area contributed by atoms with Gasteiger partial charge in [-0.3, -0.25) is 9.69 Å². The number of likely N-dealkylation sites (N-methyl/N-ethyl adjacent to an activating group) is 1. The zero-order valence-corrected chi connectivity index (χ0v) is 11.4. The van der Waals surface area contributed by atoms with Crippen molar-refractivity contribution in [3.05, 3.63) is 12.7 Å². The van der Waals surface area contributed by atoms with E-state index in [2.05, 4.69) is 39.2 Å². The Bertz CT molecular complexity index is 216. The standard InChI is InChI=1S/C13H26N2O/c1-7-13(16)14(8-2)9-10-15(11(3)4)12(5)6/h7,11-12H,1,8-10H2,2-6H3. The zero-order chi connectivity index (χ0) is 12.7. The molecule has 0 aliphatic heterocycles. The fourth-order valence-corrected chi connectivity index (χ4v) is 1.90. The summed E-state index contributed by atoms with van der Waals surface area (Å²) in [6, 6.07) is 1.02. The molecule has 0 aliphatic rings. The number of carbonyl (C=O) groups is 1. The van der Waals surface area contributed by atoms with Gasteiger partial charge in [0.25, 0.3) is 0 Å². The smallest absolute Gasteiger partial charge is 0.245 e. The lowest BCUT2D eigenvalue weighted by Crippen LogP contribution is -2.43. The molecule has 0 fully saturated rings. The number of hydrogen-bond donors (Lipinski definition) is 0. The molecule has 94 valence electrons. The maximum Gasteiger partial charge on any atom is 0.245 e. The molecule has 0 saturated carbocycles. The summed E-state index contributed by atoms with van der Waals surface area (Å²) in [4.78, 5) is 15.7. The molecule has 0 aromatic heterocycles. The van der Waals surface area contributed by atoms with Crippen LogP contribution in [0.3, 0.4) is 0 Å². The lowest BCUT2D eigenvalue weighted by molar-refractivity contribution is -0.126. The first-order valence-corrected chi connectivity index (χ1v) is 6.11. The van der Waals surface area contributed by atoms with Gasteiger partial charge >= 0.3 is 0 Å². The molecule has 3 nitrogen and oxygen atoms in total. The highest BCUT2D eigenvalue weighted by Crippen LogP contribution is 2.05. The summed E-state index contributed by atoms with van der Waals surface area (Å²) in [5.41, 5.74) is 0. The van der Waals surface area contributed by atoms with Gasteiger partial charge < -0.3 is 4.90 Å². The Morgan fingerprint density at radius 2 is 1.69 bits per heavy atom. The van der Waals surface area contributed by atoms with Crippen LogP contribution in [0.5, 0.6) is 0 Å². The summed E-state index contributed by atoms with van der Waals surface area (Å²) >= 11 is 0. The molecule has 0 atom stereocenters. The third-order valence-corrected chi connectivity index (χ3v) is 2.82. The van der Waals surface area contributed by atoms with E-state index in [0.717, 1.165) is 19.6 Å². The van der Waals surface area contributed by atoms with Gasteiger partial charge in [0.05, 0.1) is 0 Å². The van der Waals surface area contributed by atoms with Crippen molar-refractivity contribution in [2.75, 3.05) is 19.6 Å². The van der Waals surface area contributed by atoms with Gasteiger partial charge in [0.1, 0.15) is 0 Å². The monoisotopic (exact) mass is 226 g/mol. The molecule has 1 amide bonds. The second-order valence-corrected chi connectivity index (χ2v) is 4.55. The molecule has 0 aromatic carbocycles. The Morgan fingerprint density at radius 3 is 2.00 bits per heavy atom. The molecule has 0 spiro atoms.